The zero-order valence-corrected chi connectivity index (χ0v) is 13.1. The molecule has 0 saturated heterocycles. The molecule has 122 valence electrons. The quantitative estimate of drug-likeness (QED) is 0.766. The van der Waals surface area contributed by atoms with Crippen LogP contribution in [0.5, 0.6) is 0 Å². The predicted octanol–water partition coefficient (Wildman–Crippen LogP) is 4.81. The first-order chi connectivity index (χ1) is 10.5. The van der Waals surface area contributed by atoms with Gasteiger partial charge in [-0.15, -0.1) is 0 Å². The Balaban J connectivity index is 2.12. The zero-order chi connectivity index (χ0) is 16.1. The Hall–Kier alpha value is -1.29. The van der Waals surface area contributed by atoms with Gasteiger partial charge in [0.25, 0.3) is 0 Å². The summed E-state index contributed by atoms with van der Waals surface area (Å²) in [6.45, 7) is 2.05. The van der Waals surface area contributed by atoms with Crippen molar-refractivity contribution in [2.45, 2.75) is 70.3 Å². The van der Waals surface area contributed by atoms with Crippen molar-refractivity contribution < 1.29 is 18.7 Å². The first kappa shape index (κ1) is 17.1. The number of benzene rings is 1. The largest absolute Gasteiger partial charge is 0.388 e. The van der Waals surface area contributed by atoms with E-state index in [0.717, 1.165) is 19.3 Å². The van der Waals surface area contributed by atoms with Crippen LogP contribution in [0.3, 0.4) is 0 Å². The minimum absolute atomic E-state index is 0.0456. The first-order valence-electron chi connectivity index (χ1n) is 8.22. The van der Waals surface area contributed by atoms with Crippen LogP contribution in [-0.4, -0.2) is 10.9 Å². The van der Waals surface area contributed by atoms with E-state index >= 15 is 0 Å². The van der Waals surface area contributed by atoms with Crippen molar-refractivity contribution in [3.8, 4) is 0 Å². The second-order valence-electron chi connectivity index (χ2n) is 6.20. The summed E-state index contributed by atoms with van der Waals surface area (Å²) in [4.78, 5) is 11.3. The van der Waals surface area contributed by atoms with Crippen molar-refractivity contribution in [2.24, 2.45) is 0 Å². The van der Waals surface area contributed by atoms with Crippen molar-refractivity contribution in [2.75, 3.05) is 0 Å². The van der Waals surface area contributed by atoms with Gasteiger partial charge in [0.05, 0.1) is 6.10 Å². The summed E-state index contributed by atoms with van der Waals surface area (Å²) in [5, 5.41) is 10.0. The molecule has 0 aliphatic heterocycles. The summed E-state index contributed by atoms with van der Waals surface area (Å²) in [5.74, 6) is -1.69. The van der Waals surface area contributed by atoms with Crippen molar-refractivity contribution in [3.05, 3.63) is 34.9 Å². The van der Waals surface area contributed by atoms with Gasteiger partial charge < -0.3 is 5.11 Å². The number of unbranched alkanes of at least 4 members (excludes halogenated alkanes) is 2. The Bertz CT molecular complexity index is 518. The van der Waals surface area contributed by atoms with E-state index in [1.54, 1.807) is 6.07 Å². The summed E-state index contributed by atoms with van der Waals surface area (Å²) < 4.78 is 28.6. The maximum atomic E-state index is 14.3. The standard InChI is InChI=1S/C18H24F2O2/c1-2-3-4-5-16(22)15-11-10-14(17(19)18(15)20)12-6-8-13(21)9-7-12/h10-12,16,22H,2-9H2,1H3. The van der Waals surface area contributed by atoms with Gasteiger partial charge in [0.2, 0.25) is 0 Å². The summed E-state index contributed by atoms with van der Waals surface area (Å²) in [5.41, 5.74) is 0.388. The summed E-state index contributed by atoms with van der Waals surface area (Å²) in [7, 11) is 0. The van der Waals surface area contributed by atoms with E-state index in [0.29, 0.717) is 37.7 Å². The normalized spacial score (nSPS) is 17.7. The monoisotopic (exact) mass is 310 g/mol. The number of hydrogen-bond donors (Lipinski definition) is 1. The van der Waals surface area contributed by atoms with E-state index in [9.17, 15) is 18.7 Å². The molecule has 2 rings (SSSR count). The van der Waals surface area contributed by atoms with E-state index in [2.05, 4.69) is 6.92 Å². The molecule has 4 heteroatoms. The minimum atomic E-state index is -0.956. The number of carbonyl (C=O) groups excluding carboxylic acids is 1. The van der Waals surface area contributed by atoms with E-state index in [1.165, 1.54) is 6.07 Å². The smallest absolute Gasteiger partial charge is 0.164 e. The first-order valence-corrected chi connectivity index (χ1v) is 8.22. The van der Waals surface area contributed by atoms with Gasteiger partial charge in [0, 0.05) is 18.4 Å². The molecule has 1 aromatic carbocycles. The molecule has 22 heavy (non-hydrogen) atoms. The highest BCUT2D eigenvalue weighted by molar-refractivity contribution is 5.79. The fourth-order valence-corrected chi connectivity index (χ4v) is 3.15. The lowest BCUT2D eigenvalue weighted by Gasteiger charge is -2.23. The molecule has 1 fully saturated rings. The molecule has 1 aliphatic carbocycles. The Kier molecular flexibility index (Phi) is 6.07. The topological polar surface area (TPSA) is 37.3 Å². The summed E-state index contributed by atoms with van der Waals surface area (Å²) in [6.07, 6.45) is 4.30. The van der Waals surface area contributed by atoms with Crippen LogP contribution < -0.4 is 0 Å². The van der Waals surface area contributed by atoms with Gasteiger partial charge in [0.1, 0.15) is 5.78 Å². The number of rotatable bonds is 6. The SMILES string of the molecule is CCCCCC(O)c1ccc(C2CCC(=O)CC2)c(F)c1F. The molecule has 0 aromatic heterocycles. The van der Waals surface area contributed by atoms with Crippen LogP contribution in [0.2, 0.25) is 0 Å². The zero-order valence-electron chi connectivity index (χ0n) is 13.1. The Labute approximate surface area is 130 Å². The second kappa shape index (κ2) is 7.82. The van der Waals surface area contributed by atoms with Gasteiger partial charge in [-0.2, -0.15) is 0 Å². The molecular weight excluding hydrogens is 286 g/mol. The molecule has 1 N–H and O–H groups in total. The average molecular weight is 310 g/mol. The molecule has 0 bridgehead atoms. The summed E-state index contributed by atoms with van der Waals surface area (Å²) in [6, 6.07) is 3.08. The van der Waals surface area contributed by atoms with E-state index in [-0.39, 0.29) is 17.3 Å². The van der Waals surface area contributed by atoms with Gasteiger partial charge in [-0.05, 0) is 30.7 Å². The maximum absolute atomic E-state index is 14.3. The number of Topliss-reactive ketones (excluding diaryl/α,β-unsaturated/α-hetero) is 1. The van der Waals surface area contributed by atoms with Crippen LogP contribution in [0.25, 0.3) is 0 Å². The fourth-order valence-electron chi connectivity index (χ4n) is 3.15. The van der Waals surface area contributed by atoms with Crippen LogP contribution in [0.1, 0.15) is 81.4 Å². The van der Waals surface area contributed by atoms with Crippen LogP contribution in [0.4, 0.5) is 8.78 Å². The molecule has 1 aliphatic rings. The molecule has 0 heterocycles. The van der Waals surface area contributed by atoms with Gasteiger partial charge in [-0.3, -0.25) is 4.79 Å². The third-order valence-electron chi connectivity index (χ3n) is 4.57. The van der Waals surface area contributed by atoms with Crippen LogP contribution >= 0.6 is 0 Å². The Morgan fingerprint density at radius 1 is 1.18 bits per heavy atom. The number of carbonyl (C=O) groups is 1. The van der Waals surface area contributed by atoms with Crippen molar-refractivity contribution in [3.63, 3.8) is 0 Å². The Morgan fingerprint density at radius 3 is 2.50 bits per heavy atom. The van der Waals surface area contributed by atoms with Crippen molar-refractivity contribution in [1.29, 1.82) is 0 Å². The second-order valence-corrected chi connectivity index (χ2v) is 6.20. The molecular formula is C18H24F2O2. The van der Waals surface area contributed by atoms with E-state index in [1.807, 2.05) is 0 Å². The van der Waals surface area contributed by atoms with Crippen molar-refractivity contribution >= 4 is 5.78 Å². The predicted molar refractivity (Wildman–Crippen MR) is 81.7 cm³/mol. The number of ketones is 1. The lowest BCUT2D eigenvalue weighted by atomic mass is 9.82. The maximum Gasteiger partial charge on any atom is 0.164 e. The Morgan fingerprint density at radius 2 is 1.86 bits per heavy atom. The van der Waals surface area contributed by atoms with E-state index in [4.69, 9.17) is 0 Å². The van der Waals surface area contributed by atoms with Crippen molar-refractivity contribution in [1.82, 2.24) is 0 Å². The lowest BCUT2D eigenvalue weighted by molar-refractivity contribution is -0.120. The van der Waals surface area contributed by atoms with Gasteiger partial charge in [-0.25, -0.2) is 8.78 Å². The van der Waals surface area contributed by atoms with Gasteiger partial charge >= 0.3 is 0 Å². The molecule has 0 spiro atoms. The molecule has 0 radical (unpaired) electrons. The highest BCUT2D eigenvalue weighted by Gasteiger charge is 2.26. The van der Waals surface area contributed by atoms with Gasteiger partial charge in [-0.1, -0.05) is 38.3 Å². The highest BCUT2D eigenvalue weighted by atomic mass is 19.2. The highest BCUT2D eigenvalue weighted by Crippen LogP contribution is 2.35. The fraction of sp³-hybridized carbons (Fsp3) is 0.611. The molecule has 1 saturated carbocycles. The number of halogens is 2. The van der Waals surface area contributed by atoms with Crippen LogP contribution in [-0.2, 0) is 4.79 Å². The van der Waals surface area contributed by atoms with Gasteiger partial charge in [0.15, 0.2) is 11.6 Å². The van der Waals surface area contributed by atoms with Crippen LogP contribution in [0.15, 0.2) is 12.1 Å². The molecule has 1 aromatic rings. The van der Waals surface area contributed by atoms with Crippen LogP contribution in [0, 0.1) is 11.6 Å². The lowest BCUT2D eigenvalue weighted by Crippen LogP contribution is -2.15. The molecule has 1 atom stereocenters. The third-order valence-corrected chi connectivity index (χ3v) is 4.57. The minimum Gasteiger partial charge on any atom is -0.388 e. The molecule has 2 nitrogen and oxygen atoms in total. The summed E-state index contributed by atoms with van der Waals surface area (Å²) >= 11 is 0. The molecule has 1 unspecified atom stereocenters. The molecule has 0 amide bonds. The number of hydrogen-bond acceptors (Lipinski definition) is 2. The average Bonchev–Trinajstić information content (AvgIpc) is 2.51. The number of aliphatic hydroxyl groups is 1. The third kappa shape index (κ3) is 3.92. The van der Waals surface area contributed by atoms with E-state index < -0.39 is 17.7 Å². The number of aliphatic hydroxyl groups excluding tert-OH is 1.